The topological polar surface area (TPSA) is 9.23 Å². The first kappa shape index (κ1) is 12.8. The summed E-state index contributed by atoms with van der Waals surface area (Å²) in [5, 5.41) is 0. The first-order chi connectivity index (χ1) is 9.19. The number of rotatable bonds is 2. The van der Waals surface area contributed by atoms with Gasteiger partial charge in [-0.05, 0) is 66.2 Å². The Bertz CT molecular complexity index is 490. The molecule has 1 unspecified atom stereocenters. The van der Waals surface area contributed by atoms with Gasteiger partial charge >= 0.3 is 0 Å². The molecule has 0 bridgehead atoms. The average Bonchev–Trinajstić information content (AvgIpc) is 2.45. The smallest absolute Gasteiger partial charge is 0.119 e. The standard InChI is InChI=1S/C18H24O/c1-4-13-6-5-11-18(2)16(13)9-7-14-12-15(19-3)8-10-17(14)18/h4,8,10,12-13,16H,1,5-7,9,11H2,2-3H3/t13-,16+,18?/m0/s1. The lowest BCUT2D eigenvalue weighted by Crippen LogP contribution is -2.43. The van der Waals surface area contributed by atoms with E-state index in [9.17, 15) is 0 Å². The highest BCUT2D eigenvalue weighted by Gasteiger charge is 2.45. The van der Waals surface area contributed by atoms with Crippen molar-refractivity contribution in [3.63, 3.8) is 0 Å². The summed E-state index contributed by atoms with van der Waals surface area (Å²) in [6, 6.07) is 6.68. The van der Waals surface area contributed by atoms with Crippen molar-refractivity contribution >= 4 is 0 Å². The summed E-state index contributed by atoms with van der Waals surface area (Å²) in [7, 11) is 1.75. The maximum absolute atomic E-state index is 5.38. The summed E-state index contributed by atoms with van der Waals surface area (Å²) in [6.45, 7) is 6.54. The van der Waals surface area contributed by atoms with Crippen LogP contribution in [0.1, 0.15) is 43.7 Å². The molecule has 3 atom stereocenters. The molecule has 0 saturated heterocycles. The molecule has 0 spiro atoms. The van der Waals surface area contributed by atoms with Crippen molar-refractivity contribution in [3.05, 3.63) is 42.0 Å². The Morgan fingerprint density at radius 3 is 2.95 bits per heavy atom. The molecule has 1 saturated carbocycles. The Labute approximate surface area is 116 Å². The van der Waals surface area contributed by atoms with Gasteiger partial charge < -0.3 is 4.74 Å². The van der Waals surface area contributed by atoms with Crippen LogP contribution < -0.4 is 4.74 Å². The quantitative estimate of drug-likeness (QED) is 0.708. The lowest BCUT2D eigenvalue weighted by Gasteiger charge is -2.49. The van der Waals surface area contributed by atoms with Crippen LogP contribution in [0, 0.1) is 11.8 Å². The van der Waals surface area contributed by atoms with Crippen LogP contribution in [-0.4, -0.2) is 7.11 Å². The summed E-state index contributed by atoms with van der Waals surface area (Å²) in [5.41, 5.74) is 3.41. The minimum atomic E-state index is 0.344. The third-order valence-electron chi connectivity index (χ3n) is 5.52. The van der Waals surface area contributed by atoms with E-state index in [0.717, 1.165) is 11.7 Å². The van der Waals surface area contributed by atoms with E-state index < -0.39 is 0 Å². The van der Waals surface area contributed by atoms with Gasteiger partial charge in [0.1, 0.15) is 5.75 Å². The van der Waals surface area contributed by atoms with E-state index in [2.05, 4.69) is 37.8 Å². The fourth-order valence-corrected chi connectivity index (χ4v) is 4.49. The van der Waals surface area contributed by atoms with Crippen LogP contribution >= 0.6 is 0 Å². The molecule has 1 aromatic carbocycles. The minimum absolute atomic E-state index is 0.344. The maximum atomic E-state index is 5.38. The van der Waals surface area contributed by atoms with Crippen LogP contribution in [-0.2, 0) is 11.8 Å². The van der Waals surface area contributed by atoms with Gasteiger partial charge in [-0.25, -0.2) is 0 Å². The molecule has 3 rings (SSSR count). The van der Waals surface area contributed by atoms with E-state index in [4.69, 9.17) is 4.74 Å². The van der Waals surface area contributed by atoms with E-state index in [1.54, 1.807) is 12.7 Å². The molecular formula is C18H24O. The molecule has 2 aliphatic carbocycles. The second-order valence-corrected chi connectivity index (χ2v) is 6.38. The zero-order valence-corrected chi connectivity index (χ0v) is 12.1. The second kappa shape index (κ2) is 4.70. The van der Waals surface area contributed by atoms with Gasteiger partial charge in [0.2, 0.25) is 0 Å². The third kappa shape index (κ3) is 1.91. The molecule has 1 aromatic rings. The van der Waals surface area contributed by atoms with Crippen LogP contribution in [0.25, 0.3) is 0 Å². The molecule has 0 amide bonds. The molecule has 2 aliphatic rings. The summed E-state index contributed by atoms with van der Waals surface area (Å²) in [5.74, 6) is 2.48. The van der Waals surface area contributed by atoms with E-state index in [1.165, 1.54) is 37.7 Å². The molecule has 0 radical (unpaired) electrons. The van der Waals surface area contributed by atoms with Crippen molar-refractivity contribution in [2.75, 3.05) is 7.11 Å². The van der Waals surface area contributed by atoms with Gasteiger partial charge in [-0.2, -0.15) is 0 Å². The van der Waals surface area contributed by atoms with Crippen molar-refractivity contribution < 1.29 is 4.74 Å². The van der Waals surface area contributed by atoms with Crippen LogP contribution in [0.5, 0.6) is 5.75 Å². The van der Waals surface area contributed by atoms with Gasteiger partial charge in [-0.15, -0.1) is 6.58 Å². The van der Waals surface area contributed by atoms with E-state index in [-0.39, 0.29) is 0 Å². The van der Waals surface area contributed by atoms with E-state index >= 15 is 0 Å². The van der Waals surface area contributed by atoms with Crippen LogP contribution in [0.4, 0.5) is 0 Å². The van der Waals surface area contributed by atoms with Crippen LogP contribution in [0.15, 0.2) is 30.9 Å². The predicted molar refractivity (Wildman–Crippen MR) is 79.7 cm³/mol. The maximum Gasteiger partial charge on any atom is 0.119 e. The Hall–Kier alpha value is -1.24. The molecule has 0 aromatic heterocycles. The Morgan fingerprint density at radius 2 is 2.21 bits per heavy atom. The van der Waals surface area contributed by atoms with Gasteiger partial charge in [-0.3, -0.25) is 0 Å². The van der Waals surface area contributed by atoms with Crippen molar-refractivity contribution in [1.29, 1.82) is 0 Å². The fraction of sp³-hybridized carbons (Fsp3) is 0.556. The summed E-state index contributed by atoms with van der Waals surface area (Å²) >= 11 is 0. The average molecular weight is 256 g/mol. The molecule has 19 heavy (non-hydrogen) atoms. The van der Waals surface area contributed by atoms with Gasteiger partial charge in [-0.1, -0.05) is 25.5 Å². The number of benzene rings is 1. The minimum Gasteiger partial charge on any atom is -0.497 e. The van der Waals surface area contributed by atoms with Gasteiger partial charge in [0, 0.05) is 0 Å². The SMILES string of the molecule is C=C[C@H]1CCCC2(C)c3ccc(OC)cc3CC[C@H]12. The molecule has 1 fully saturated rings. The summed E-state index contributed by atoms with van der Waals surface area (Å²) < 4.78 is 5.38. The summed E-state index contributed by atoms with van der Waals surface area (Å²) in [6.07, 6.45) is 8.67. The fourth-order valence-electron chi connectivity index (χ4n) is 4.49. The molecule has 0 N–H and O–H groups in total. The Balaban J connectivity index is 2.04. The van der Waals surface area contributed by atoms with Crippen molar-refractivity contribution in [2.45, 2.75) is 44.4 Å². The number of fused-ring (bicyclic) bond motifs is 3. The van der Waals surface area contributed by atoms with Crippen LogP contribution in [0.3, 0.4) is 0 Å². The number of hydrogen-bond donors (Lipinski definition) is 0. The number of hydrogen-bond acceptors (Lipinski definition) is 1. The molecule has 102 valence electrons. The lowest BCUT2D eigenvalue weighted by atomic mass is 9.55. The van der Waals surface area contributed by atoms with Gasteiger partial charge in [0.15, 0.2) is 0 Å². The highest BCUT2D eigenvalue weighted by molar-refractivity contribution is 5.43. The number of aryl methyl sites for hydroxylation is 1. The van der Waals surface area contributed by atoms with E-state index in [1.807, 2.05) is 0 Å². The predicted octanol–water partition coefficient (Wildman–Crippen LogP) is 4.50. The number of methoxy groups -OCH3 is 1. The van der Waals surface area contributed by atoms with Crippen molar-refractivity contribution in [3.8, 4) is 5.75 Å². The van der Waals surface area contributed by atoms with Crippen molar-refractivity contribution in [2.24, 2.45) is 11.8 Å². The molecule has 0 aliphatic heterocycles. The Morgan fingerprint density at radius 1 is 1.37 bits per heavy atom. The molecule has 1 nitrogen and oxygen atoms in total. The van der Waals surface area contributed by atoms with E-state index in [0.29, 0.717) is 11.3 Å². The van der Waals surface area contributed by atoms with Gasteiger partial charge in [0.05, 0.1) is 7.11 Å². The third-order valence-corrected chi connectivity index (χ3v) is 5.52. The zero-order valence-electron chi connectivity index (χ0n) is 12.1. The highest BCUT2D eigenvalue weighted by Crippen LogP contribution is 2.52. The van der Waals surface area contributed by atoms with Gasteiger partial charge in [0.25, 0.3) is 0 Å². The highest BCUT2D eigenvalue weighted by atomic mass is 16.5. The lowest BCUT2D eigenvalue weighted by molar-refractivity contribution is 0.134. The monoisotopic (exact) mass is 256 g/mol. The zero-order chi connectivity index (χ0) is 13.5. The molecule has 1 heteroatoms. The second-order valence-electron chi connectivity index (χ2n) is 6.38. The normalized spacial score (nSPS) is 33.2. The first-order valence-electron chi connectivity index (χ1n) is 7.49. The number of allylic oxidation sites excluding steroid dienone is 1. The Kier molecular flexibility index (Phi) is 3.16. The first-order valence-corrected chi connectivity index (χ1v) is 7.49. The largest absolute Gasteiger partial charge is 0.497 e. The van der Waals surface area contributed by atoms with Crippen LogP contribution in [0.2, 0.25) is 0 Å². The summed E-state index contributed by atoms with van der Waals surface area (Å²) in [4.78, 5) is 0. The number of ether oxygens (including phenoxy) is 1. The molecule has 0 heterocycles. The molecular weight excluding hydrogens is 232 g/mol. The van der Waals surface area contributed by atoms with Crippen molar-refractivity contribution in [1.82, 2.24) is 0 Å².